The van der Waals surface area contributed by atoms with Gasteiger partial charge in [-0.3, -0.25) is 9.59 Å². The fraction of sp³-hybridized carbons (Fsp3) is 0.136. The lowest BCUT2D eigenvalue weighted by Gasteiger charge is -2.10. The van der Waals surface area contributed by atoms with E-state index in [2.05, 4.69) is 22.2 Å². The number of carbonyl (C=O) groups is 2. The molecule has 0 unspecified atom stereocenters. The summed E-state index contributed by atoms with van der Waals surface area (Å²) >= 11 is 0. The lowest BCUT2D eigenvalue weighted by molar-refractivity contribution is -0.115. The number of aryl methyl sites for hydroxylation is 2. The first-order valence-electron chi connectivity index (χ1n) is 8.80. The fourth-order valence-corrected chi connectivity index (χ4v) is 2.71. The molecule has 0 bridgehead atoms. The Labute approximate surface area is 163 Å². The highest BCUT2D eigenvalue weighted by atomic mass is 16.3. The van der Waals surface area contributed by atoms with Crippen LogP contribution in [0.4, 0.5) is 11.4 Å². The molecule has 0 saturated carbocycles. The van der Waals surface area contributed by atoms with Crippen LogP contribution in [0.1, 0.15) is 16.8 Å². The predicted molar refractivity (Wildman–Crippen MR) is 109 cm³/mol. The first-order valence-corrected chi connectivity index (χ1v) is 8.80. The maximum atomic E-state index is 12.5. The highest BCUT2D eigenvalue weighted by molar-refractivity contribution is 5.99. The summed E-state index contributed by atoms with van der Waals surface area (Å²) in [7, 11) is 0. The summed E-state index contributed by atoms with van der Waals surface area (Å²) in [6.45, 7) is 7.20. The lowest BCUT2D eigenvalue weighted by atomic mass is 10.1. The van der Waals surface area contributed by atoms with E-state index in [1.807, 2.05) is 38.1 Å². The average molecular weight is 375 g/mol. The molecule has 0 aliphatic rings. The highest BCUT2D eigenvalue weighted by Gasteiger charge is 2.11. The molecule has 2 aromatic carbocycles. The molecule has 0 atom stereocenters. The number of nitrogens with zero attached hydrogens (tertiary/aromatic N) is 1. The minimum Gasteiger partial charge on any atom is -0.444 e. The molecule has 0 radical (unpaired) electrons. The van der Waals surface area contributed by atoms with Crippen molar-refractivity contribution in [2.45, 2.75) is 20.3 Å². The van der Waals surface area contributed by atoms with Crippen molar-refractivity contribution in [2.75, 3.05) is 10.6 Å². The van der Waals surface area contributed by atoms with Gasteiger partial charge in [-0.2, -0.15) is 0 Å². The number of anilines is 2. The molecule has 1 heterocycles. The average Bonchev–Trinajstić information content (AvgIpc) is 3.10. The molecule has 3 aromatic rings. The third-order valence-electron chi connectivity index (χ3n) is 4.12. The van der Waals surface area contributed by atoms with Crippen LogP contribution in [0, 0.1) is 13.8 Å². The molecule has 2 amide bonds. The number of hydrogen-bond donors (Lipinski definition) is 2. The van der Waals surface area contributed by atoms with Gasteiger partial charge in [-0.25, -0.2) is 4.98 Å². The number of nitrogens with one attached hydrogen (secondary N) is 2. The molecule has 142 valence electrons. The highest BCUT2D eigenvalue weighted by Crippen LogP contribution is 2.25. The topological polar surface area (TPSA) is 84.2 Å². The number of aromatic nitrogens is 1. The number of benzene rings is 2. The maximum absolute atomic E-state index is 12.5. The van der Waals surface area contributed by atoms with Crippen LogP contribution in [0.15, 0.2) is 65.8 Å². The largest absolute Gasteiger partial charge is 0.444 e. The van der Waals surface area contributed by atoms with Gasteiger partial charge in [0.15, 0.2) is 0 Å². The molecular formula is C22H21N3O3. The van der Waals surface area contributed by atoms with E-state index in [-0.39, 0.29) is 18.2 Å². The van der Waals surface area contributed by atoms with Crippen molar-refractivity contribution in [3.8, 4) is 11.5 Å². The molecule has 0 aliphatic carbocycles. The van der Waals surface area contributed by atoms with Crippen LogP contribution >= 0.6 is 0 Å². The summed E-state index contributed by atoms with van der Waals surface area (Å²) in [5.74, 6) is 0.0607. The van der Waals surface area contributed by atoms with Gasteiger partial charge in [-0.05, 0) is 55.3 Å². The zero-order valence-corrected chi connectivity index (χ0v) is 15.8. The fourth-order valence-electron chi connectivity index (χ4n) is 2.71. The molecule has 6 nitrogen and oxygen atoms in total. The van der Waals surface area contributed by atoms with Crippen molar-refractivity contribution in [1.29, 1.82) is 0 Å². The zero-order valence-electron chi connectivity index (χ0n) is 15.8. The second-order valence-electron chi connectivity index (χ2n) is 6.44. The van der Waals surface area contributed by atoms with Crippen molar-refractivity contribution in [3.63, 3.8) is 0 Å². The second-order valence-corrected chi connectivity index (χ2v) is 6.44. The van der Waals surface area contributed by atoms with Gasteiger partial charge in [0.25, 0.3) is 0 Å². The first kappa shape index (κ1) is 19.1. The Morgan fingerprint density at radius 3 is 2.68 bits per heavy atom. The van der Waals surface area contributed by atoms with E-state index >= 15 is 0 Å². The quantitative estimate of drug-likeness (QED) is 0.631. The molecular weight excluding hydrogens is 354 g/mol. The summed E-state index contributed by atoms with van der Waals surface area (Å²) in [5, 5.41) is 5.62. The Balaban J connectivity index is 1.72. The number of amides is 2. The Kier molecular flexibility index (Phi) is 5.69. The van der Waals surface area contributed by atoms with Crippen molar-refractivity contribution < 1.29 is 14.0 Å². The molecule has 0 spiro atoms. The molecule has 6 heteroatoms. The van der Waals surface area contributed by atoms with E-state index in [4.69, 9.17) is 4.42 Å². The van der Waals surface area contributed by atoms with Gasteiger partial charge in [-0.15, -0.1) is 0 Å². The molecule has 0 fully saturated rings. The van der Waals surface area contributed by atoms with Crippen LogP contribution in [-0.4, -0.2) is 16.8 Å². The summed E-state index contributed by atoms with van der Waals surface area (Å²) < 4.78 is 5.43. The second kappa shape index (κ2) is 8.35. The van der Waals surface area contributed by atoms with E-state index < -0.39 is 0 Å². The third-order valence-corrected chi connectivity index (χ3v) is 4.12. The first-order chi connectivity index (χ1) is 13.4. The van der Waals surface area contributed by atoms with Gasteiger partial charge in [-0.1, -0.05) is 24.8 Å². The third kappa shape index (κ3) is 4.73. The van der Waals surface area contributed by atoms with Crippen molar-refractivity contribution in [2.24, 2.45) is 0 Å². The van der Waals surface area contributed by atoms with E-state index in [1.54, 1.807) is 24.5 Å². The Hall–Kier alpha value is -3.67. The number of oxazole rings is 1. The standard InChI is InChI=1S/C22H21N3O3/c1-4-20(26)24-18-7-5-6-16(10-18)11-21(27)25-19-12-17(9-8-14(19)2)22-23-15(3)13-28-22/h4-10,12-13H,1,11H2,2-3H3,(H,24,26)(H,25,27). The smallest absolute Gasteiger partial charge is 0.247 e. The molecule has 2 N–H and O–H groups in total. The number of carbonyl (C=O) groups excluding carboxylic acids is 2. The Morgan fingerprint density at radius 2 is 1.96 bits per heavy atom. The summed E-state index contributed by atoms with van der Waals surface area (Å²) in [6, 6.07) is 12.8. The van der Waals surface area contributed by atoms with Crippen LogP contribution in [0.25, 0.3) is 11.5 Å². The maximum Gasteiger partial charge on any atom is 0.247 e. The molecule has 3 rings (SSSR count). The van der Waals surface area contributed by atoms with Gasteiger partial charge in [0.05, 0.1) is 12.1 Å². The van der Waals surface area contributed by atoms with Gasteiger partial charge in [0.2, 0.25) is 17.7 Å². The van der Waals surface area contributed by atoms with Crippen LogP contribution in [-0.2, 0) is 16.0 Å². The minimum atomic E-state index is -0.296. The van der Waals surface area contributed by atoms with Gasteiger partial charge in [0.1, 0.15) is 6.26 Å². The van der Waals surface area contributed by atoms with Crippen LogP contribution < -0.4 is 10.6 Å². The zero-order chi connectivity index (χ0) is 20.1. The van der Waals surface area contributed by atoms with E-state index in [0.717, 1.165) is 22.4 Å². The van der Waals surface area contributed by atoms with Crippen LogP contribution in [0.3, 0.4) is 0 Å². The molecule has 0 saturated heterocycles. The van der Waals surface area contributed by atoms with E-state index in [9.17, 15) is 9.59 Å². The van der Waals surface area contributed by atoms with Gasteiger partial charge >= 0.3 is 0 Å². The van der Waals surface area contributed by atoms with E-state index in [1.165, 1.54) is 6.08 Å². The predicted octanol–water partition coefficient (Wildman–Crippen LogP) is 4.26. The van der Waals surface area contributed by atoms with Gasteiger partial charge < -0.3 is 15.1 Å². The normalized spacial score (nSPS) is 10.4. The monoisotopic (exact) mass is 375 g/mol. The van der Waals surface area contributed by atoms with Crippen LogP contribution in [0.2, 0.25) is 0 Å². The van der Waals surface area contributed by atoms with Gasteiger partial charge in [0, 0.05) is 16.9 Å². The molecule has 28 heavy (non-hydrogen) atoms. The van der Waals surface area contributed by atoms with Crippen molar-refractivity contribution in [3.05, 3.63) is 78.2 Å². The molecule has 1 aromatic heterocycles. The Morgan fingerprint density at radius 1 is 1.14 bits per heavy atom. The van der Waals surface area contributed by atoms with Crippen molar-refractivity contribution in [1.82, 2.24) is 4.98 Å². The van der Waals surface area contributed by atoms with E-state index in [0.29, 0.717) is 17.3 Å². The SMILES string of the molecule is C=CC(=O)Nc1cccc(CC(=O)Nc2cc(-c3nc(C)co3)ccc2C)c1. The summed E-state index contributed by atoms with van der Waals surface area (Å²) in [5.41, 5.74) is 4.64. The Bertz CT molecular complexity index is 1040. The lowest BCUT2D eigenvalue weighted by Crippen LogP contribution is -2.15. The summed E-state index contributed by atoms with van der Waals surface area (Å²) in [6.07, 6.45) is 2.97. The number of rotatable bonds is 6. The van der Waals surface area contributed by atoms with Crippen LogP contribution in [0.5, 0.6) is 0 Å². The number of hydrogen-bond acceptors (Lipinski definition) is 4. The van der Waals surface area contributed by atoms with Crippen molar-refractivity contribution >= 4 is 23.2 Å². The molecule has 0 aliphatic heterocycles. The minimum absolute atomic E-state index is 0.156. The summed E-state index contributed by atoms with van der Waals surface area (Å²) in [4.78, 5) is 28.3.